The van der Waals surface area contributed by atoms with E-state index in [1.807, 2.05) is 41.3 Å². The molecule has 1 N–H and O–H groups in total. The summed E-state index contributed by atoms with van der Waals surface area (Å²) >= 11 is 0. The average Bonchev–Trinajstić information content (AvgIpc) is 3.39. The Morgan fingerprint density at radius 1 is 1.18 bits per heavy atom. The summed E-state index contributed by atoms with van der Waals surface area (Å²) in [7, 11) is 0. The van der Waals surface area contributed by atoms with Gasteiger partial charge in [-0.15, -0.1) is 0 Å². The van der Waals surface area contributed by atoms with Gasteiger partial charge in [0.2, 0.25) is 5.91 Å². The molecule has 2 fully saturated rings. The predicted molar refractivity (Wildman–Crippen MR) is 87.2 cm³/mol. The second kappa shape index (κ2) is 7.07. The number of carbonyl (C=O) groups is 1. The molecule has 0 bridgehead atoms. The van der Waals surface area contributed by atoms with Gasteiger partial charge in [-0.25, -0.2) is 0 Å². The zero-order chi connectivity index (χ0) is 15.4. The van der Waals surface area contributed by atoms with Gasteiger partial charge in [-0.3, -0.25) is 9.69 Å². The second-order valence-corrected chi connectivity index (χ2v) is 6.27. The molecule has 2 aliphatic rings. The molecule has 1 aliphatic heterocycles. The number of carbonyl (C=O) groups excluding carboxylic acids is 1. The molecule has 1 heterocycles. The Hall–Kier alpha value is -1.65. The van der Waals surface area contributed by atoms with Crippen molar-refractivity contribution < 1.29 is 9.90 Å². The number of hydrogen-bond donors (Lipinski definition) is 1. The maximum Gasteiger partial charge on any atom is 0.246 e. The van der Waals surface area contributed by atoms with Crippen LogP contribution in [-0.2, 0) is 4.79 Å². The van der Waals surface area contributed by atoms with Crippen molar-refractivity contribution in [1.82, 2.24) is 9.80 Å². The summed E-state index contributed by atoms with van der Waals surface area (Å²) in [4.78, 5) is 16.3. The van der Waals surface area contributed by atoms with Gasteiger partial charge in [-0.1, -0.05) is 30.3 Å². The minimum absolute atomic E-state index is 0.0752. The van der Waals surface area contributed by atoms with E-state index in [1.165, 1.54) is 12.8 Å². The van der Waals surface area contributed by atoms with Gasteiger partial charge in [0.25, 0.3) is 0 Å². The maximum absolute atomic E-state index is 12.2. The van der Waals surface area contributed by atoms with E-state index in [0.717, 1.165) is 38.3 Å². The van der Waals surface area contributed by atoms with Crippen LogP contribution in [0.4, 0.5) is 0 Å². The van der Waals surface area contributed by atoms with E-state index in [4.69, 9.17) is 0 Å². The molecular formula is C18H24N2O2. The summed E-state index contributed by atoms with van der Waals surface area (Å²) in [6.45, 7) is 3.96. The van der Waals surface area contributed by atoms with Gasteiger partial charge in [-0.2, -0.15) is 0 Å². The van der Waals surface area contributed by atoms with Crippen molar-refractivity contribution in [3.8, 4) is 0 Å². The van der Waals surface area contributed by atoms with Gasteiger partial charge in [0.05, 0.1) is 6.10 Å². The SMILES string of the molecule is O=C(C=Cc1ccccc1)N1CCN(CC(O)C2CC2)CC1. The molecule has 1 unspecified atom stereocenters. The Morgan fingerprint density at radius 3 is 2.50 bits per heavy atom. The number of hydrogen-bond acceptors (Lipinski definition) is 3. The van der Waals surface area contributed by atoms with Crippen molar-refractivity contribution in [2.24, 2.45) is 5.92 Å². The van der Waals surface area contributed by atoms with Crippen LogP contribution in [0.5, 0.6) is 0 Å². The van der Waals surface area contributed by atoms with Crippen LogP contribution in [0, 0.1) is 5.92 Å². The van der Waals surface area contributed by atoms with Crippen molar-refractivity contribution in [1.29, 1.82) is 0 Å². The highest BCUT2D eigenvalue weighted by Crippen LogP contribution is 2.32. The quantitative estimate of drug-likeness (QED) is 0.840. The first-order chi connectivity index (χ1) is 10.7. The first-order valence-electron chi connectivity index (χ1n) is 8.15. The molecule has 1 saturated carbocycles. The van der Waals surface area contributed by atoms with Gasteiger partial charge in [0.15, 0.2) is 0 Å². The summed E-state index contributed by atoms with van der Waals surface area (Å²) in [6.07, 6.45) is 5.68. The predicted octanol–water partition coefficient (Wildman–Crippen LogP) is 1.61. The van der Waals surface area contributed by atoms with Crippen LogP contribution in [0.15, 0.2) is 36.4 Å². The number of rotatable bonds is 5. The minimum Gasteiger partial charge on any atom is -0.392 e. The smallest absolute Gasteiger partial charge is 0.246 e. The fraction of sp³-hybridized carbons (Fsp3) is 0.500. The van der Waals surface area contributed by atoms with Crippen molar-refractivity contribution in [3.63, 3.8) is 0 Å². The molecule has 1 saturated heterocycles. The third-order valence-electron chi connectivity index (χ3n) is 4.51. The molecule has 1 aromatic carbocycles. The highest BCUT2D eigenvalue weighted by atomic mass is 16.3. The van der Waals surface area contributed by atoms with Crippen LogP contribution in [0.2, 0.25) is 0 Å². The fourth-order valence-electron chi connectivity index (χ4n) is 2.88. The lowest BCUT2D eigenvalue weighted by molar-refractivity contribution is -0.127. The molecule has 4 heteroatoms. The largest absolute Gasteiger partial charge is 0.392 e. The molecule has 0 aromatic heterocycles. The number of piperazine rings is 1. The van der Waals surface area contributed by atoms with Crippen LogP contribution in [0.3, 0.4) is 0 Å². The van der Waals surface area contributed by atoms with E-state index in [0.29, 0.717) is 5.92 Å². The zero-order valence-corrected chi connectivity index (χ0v) is 12.9. The highest BCUT2D eigenvalue weighted by Gasteiger charge is 2.31. The molecule has 0 spiro atoms. The third-order valence-corrected chi connectivity index (χ3v) is 4.51. The monoisotopic (exact) mass is 300 g/mol. The van der Waals surface area contributed by atoms with Gasteiger partial charge in [-0.05, 0) is 30.4 Å². The number of aliphatic hydroxyl groups is 1. The minimum atomic E-state index is -0.180. The molecule has 1 aliphatic carbocycles. The van der Waals surface area contributed by atoms with Crippen LogP contribution >= 0.6 is 0 Å². The molecule has 1 atom stereocenters. The molecule has 1 amide bonds. The molecule has 3 rings (SSSR count). The molecule has 1 aromatic rings. The number of benzene rings is 1. The summed E-state index contributed by atoms with van der Waals surface area (Å²) in [6, 6.07) is 9.87. The van der Waals surface area contributed by atoms with Crippen LogP contribution in [-0.4, -0.2) is 59.6 Å². The topological polar surface area (TPSA) is 43.8 Å². The summed E-state index contributed by atoms with van der Waals surface area (Å²) in [5.74, 6) is 0.597. The molecule has 0 radical (unpaired) electrons. The Morgan fingerprint density at radius 2 is 1.86 bits per heavy atom. The van der Waals surface area contributed by atoms with Gasteiger partial charge >= 0.3 is 0 Å². The number of nitrogens with zero attached hydrogens (tertiary/aromatic N) is 2. The number of β-amino-alcohol motifs (C(OH)–C–C–N with tert-alkyl or cyclic N) is 1. The number of amides is 1. The average molecular weight is 300 g/mol. The van der Waals surface area contributed by atoms with E-state index in [2.05, 4.69) is 4.90 Å². The summed E-state index contributed by atoms with van der Waals surface area (Å²) < 4.78 is 0. The van der Waals surface area contributed by atoms with Gasteiger partial charge in [0.1, 0.15) is 0 Å². The Kier molecular flexibility index (Phi) is 4.90. The summed E-state index contributed by atoms with van der Waals surface area (Å²) in [5, 5.41) is 9.99. The van der Waals surface area contributed by atoms with E-state index in [-0.39, 0.29) is 12.0 Å². The van der Waals surface area contributed by atoms with Crippen LogP contribution in [0.25, 0.3) is 6.08 Å². The van der Waals surface area contributed by atoms with Crippen LogP contribution in [0.1, 0.15) is 18.4 Å². The van der Waals surface area contributed by atoms with Crippen molar-refractivity contribution in [2.75, 3.05) is 32.7 Å². The molecule has 4 nitrogen and oxygen atoms in total. The Bertz CT molecular complexity index is 517. The van der Waals surface area contributed by atoms with Crippen LogP contribution < -0.4 is 0 Å². The molecular weight excluding hydrogens is 276 g/mol. The zero-order valence-electron chi connectivity index (χ0n) is 12.9. The first kappa shape index (κ1) is 15.3. The molecule has 22 heavy (non-hydrogen) atoms. The van der Waals surface area contributed by atoms with E-state index in [9.17, 15) is 9.90 Å². The van der Waals surface area contributed by atoms with E-state index in [1.54, 1.807) is 6.08 Å². The fourth-order valence-corrected chi connectivity index (χ4v) is 2.88. The lowest BCUT2D eigenvalue weighted by Gasteiger charge is -2.35. The van der Waals surface area contributed by atoms with Gasteiger partial charge in [0, 0.05) is 38.8 Å². The van der Waals surface area contributed by atoms with E-state index < -0.39 is 0 Å². The summed E-state index contributed by atoms with van der Waals surface area (Å²) in [5.41, 5.74) is 1.04. The standard InChI is InChI=1S/C18H24N2O2/c21-17(16-7-8-16)14-19-10-12-20(13-11-19)18(22)9-6-15-4-2-1-3-5-15/h1-6,9,16-17,21H,7-8,10-14H2. The maximum atomic E-state index is 12.2. The van der Waals surface area contributed by atoms with Crippen molar-refractivity contribution >= 4 is 12.0 Å². The molecule has 118 valence electrons. The second-order valence-electron chi connectivity index (χ2n) is 6.27. The van der Waals surface area contributed by atoms with Gasteiger partial charge < -0.3 is 10.0 Å². The normalized spacial score (nSPS) is 21.2. The van der Waals surface area contributed by atoms with Crippen molar-refractivity contribution in [3.05, 3.63) is 42.0 Å². The van der Waals surface area contributed by atoms with Crippen molar-refractivity contribution in [2.45, 2.75) is 18.9 Å². The lowest BCUT2D eigenvalue weighted by atomic mass is 10.2. The highest BCUT2D eigenvalue weighted by molar-refractivity contribution is 5.91. The number of aliphatic hydroxyl groups excluding tert-OH is 1. The van der Waals surface area contributed by atoms with E-state index >= 15 is 0 Å². The third kappa shape index (κ3) is 4.18. The Labute approximate surface area is 132 Å². The lowest BCUT2D eigenvalue weighted by Crippen LogP contribution is -2.50. The first-order valence-corrected chi connectivity index (χ1v) is 8.15. The Balaban J connectivity index is 1.44.